The quantitative estimate of drug-likeness (QED) is 0.495. The zero-order chi connectivity index (χ0) is 25.4. The standard InChI is InChI=1S/C27H30ClN3O5/c1-16-8-9-20-22(30(16)27(34)35-2)10-11-23-25(20)29-24(31(23)19-7-4-12-36-15-19)14-21(26(32)33)17-5-3-6-18(28)13-17/h3,5-6,10-11,13,16,19,21H,4,7-9,12,14-15H2,1-2H3,(H,32,33)/t16-,19-,21+/m0/s1. The van der Waals surface area contributed by atoms with Crippen LogP contribution in [0.25, 0.3) is 11.0 Å². The molecule has 36 heavy (non-hydrogen) atoms. The molecular formula is C27H30ClN3O5. The van der Waals surface area contributed by atoms with Crippen LogP contribution in [0.3, 0.4) is 0 Å². The number of anilines is 1. The summed E-state index contributed by atoms with van der Waals surface area (Å²) in [7, 11) is 1.39. The molecule has 5 rings (SSSR count). The van der Waals surface area contributed by atoms with E-state index in [1.165, 1.54) is 7.11 Å². The Balaban J connectivity index is 1.65. The maximum absolute atomic E-state index is 12.6. The number of carbonyl (C=O) groups excluding carboxylic acids is 1. The number of carbonyl (C=O) groups is 2. The number of nitrogens with zero attached hydrogens (tertiary/aromatic N) is 3. The molecule has 0 spiro atoms. The number of hydrogen-bond acceptors (Lipinski definition) is 5. The van der Waals surface area contributed by atoms with Crippen LogP contribution < -0.4 is 4.90 Å². The number of methoxy groups -OCH3 is 1. The zero-order valence-corrected chi connectivity index (χ0v) is 21.2. The summed E-state index contributed by atoms with van der Waals surface area (Å²) in [5.74, 6) is -1.03. The number of rotatable bonds is 5. The lowest BCUT2D eigenvalue weighted by Gasteiger charge is -2.34. The van der Waals surface area contributed by atoms with Crippen molar-refractivity contribution in [1.82, 2.24) is 9.55 Å². The second-order valence-corrected chi connectivity index (χ2v) is 10.0. The van der Waals surface area contributed by atoms with Crippen molar-refractivity contribution in [3.63, 3.8) is 0 Å². The third kappa shape index (κ3) is 4.44. The van der Waals surface area contributed by atoms with Gasteiger partial charge in [-0.1, -0.05) is 23.7 Å². The Morgan fingerprint density at radius 2 is 2.11 bits per heavy atom. The minimum Gasteiger partial charge on any atom is -0.481 e. The highest BCUT2D eigenvalue weighted by Crippen LogP contribution is 2.39. The number of halogens is 1. The molecule has 1 amide bonds. The van der Waals surface area contributed by atoms with E-state index in [1.54, 1.807) is 29.2 Å². The molecule has 190 valence electrons. The van der Waals surface area contributed by atoms with Crippen molar-refractivity contribution in [2.75, 3.05) is 25.2 Å². The van der Waals surface area contributed by atoms with E-state index in [4.69, 9.17) is 26.1 Å². The Labute approximate surface area is 214 Å². The summed E-state index contributed by atoms with van der Waals surface area (Å²) in [6.45, 7) is 3.28. The van der Waals surface area contributed by atoms with E-state index in [-0.39, 0.29) is 18.5 Å². The summed E-state index contributed by atoms with van der Waals surface area (Å²) in [5, 5.41) is 10.6. The number of ether oxygens (including phenoxy) is 2. The van der Waals surface area contributed by atoms with Crippen molar-refractivity contribution < 1.29 is 24.2 Å². The molecule has 2 aliphatic rings. The number of aryl methyl sites for hydroxylation is 1. The lowest BCUT2D eigenvalue weighted by atomic mass is 9.95. The Bertz CT molecular complexity index is 1300. The van der Waals surface area contributed by atoms with Crippen molar-refractivity contribution >= 4 is 40.4 Å². The van der Waals surface area contributed by atoms with Gasteiger partial charge in [0.25, 0.3) is 0 Å². The minimum atomic E-state index is -0.927. The second kappa shape index (κ2) is 10.1. The van der Waals surface area contributed by atoms with Crippen LogP contribution in [0.2, 0.25) is 5.02 Å². The maximum atomic E-state index is 12.6. The van der Waals surface area contributed by atoms with Gasteiger partial charge in [0.15, 0.2) is 0 Å². The highest BCUT2D eigenvalue weighted by Gasteiger charge is 2.33. The highest BCUT2D eigenvalue weighted by atomic mass is 35.5. The monoisotopic (exact) mass is 511 g/mol. The van der Waals surface area contributed by atoms with Gasteiger partial charge in [0.1, 0.15) is 5.82 Å². The van der Waals surface area contributed by atoms with E-state index in [0.29, 0.717) is 23.0 Å². The summed E-state index contributed by atoms with van der Waals surface area (Å²) < 4.78 is 13.0. The number of aromatic nitrogens is 2. The smallest absolute Gasteiger partial charge is 0.414 e. The molecule has 9 heteroatoms. The molecule has 3 heterocycles. The van der Waals surface area contributed by atoms with E-state index >= 15 is 0 Å². The van der Waals surface area contributed by atoms with Crippen molar-refractivity contribution in [3.8, 4) is 0 Å². The fourth-order valence-corrected chi connectivity index (χ4v) is 5.75. The number of benzene rings is 2. The average molecular weight is 512 g/mol. The van der Waals surface area contributed by atoms with E-state index < -0.39 is 18.0 Å². The molecule has 1 aromatic heterocycles. The topological polar surface area (TPSA) is 93.9 Å². The van der Waals surface area contributed by atoms with E-state index in [2.05, 4.69) is 4.57 Å². The van der Waals surface area contributed by atoms with Crippen molar-refractivity contribution in [2.24, 2.45) is 0 Å². The molecule has 0 unspecified atom stereocenters. The molecule has 3 aromatic rings. The molecule has 0 radical (unpaired) electrons. The second-order valence-electron chi connectivity index (χ2n) is 9.58. The maximum Gasteiger partial charge on any atom is 0.414 e. The van der Waals surface area contributed by atoms with Crippen LogP contribution in [0.1, 0.15) is 55.1 Å². The van der Waals surface area contributed by atoms with Crippen molar-refractivity contribution in [3.05, 3.63) is 58.4 Å². The molecule has 0 aliphatic carbocycles. The van der Waals surface area contributed by atoms with Crippen LogP contribution in [-0.4, -0.2) is 53.1 Å². The summed E-state index contributed by atoms with van der Waals surface area (Å²) in [6.07, 6.45) is 3.24. The van der Waals surface area contributed by atoms with Gasteiger partial charge >= 0.3 is 12.1 Å². The van der Waals surface area contributed by atoms with Gasteiger partial charge in [-0.05, 0) is 62.4 Å². The molecule has 3 atom stereocenters. The highest BCUT2D eigenvalue weighted by molar-refractivity contribution is 6.30. The first kappa shape index (κ1) is 24.6. The molecule has 0 bridgehead atoms. The number of amides is 1. The average Bonchev–Trinajstić information content (AvgIpc) is 3.25. The fraction of sp³-hybridized carbons (Fsp3) is 0.444. The van der Waals surface area contributed by atoms with Crippen LogP contribution >= 0.6 is 11.6 Å². The zero-order valence-electron chi connectivity index (χ0n) is 20.4. The van der Waals surface area contributed by atoms with Crippen LogP contribution in [0.15, 0.2) is 36.4 Å². The van der Waals surface area contributed by atoms with E-state index in [9.17, 15) is 14.7 Å². The molecule has 8 nitrogen and oxygen atoms in total. The normalized spacial score (nSPS) is 20.7. The van der Waals surface area contributed by atoms with Gasteiger partial charge in [-0.15, -0.1) is 0 Å². The van der Waals surface area contributed by atoms with Gasteiger partial charge in [-0.25, -0.2) is 9.78 Å². The molecule has 1 N–H and O–H groups in total. The Morgan fingerprint density at radius 1 is 1.28 bits per heavy atom. The lowest BCUT2D eigenvalue weighted by Crippen LogP contribution is -2.42. The van der Waals surface area contributed by atoms with Crippen LogP contribution in [0.4, 0.5) is 10.5 Å². The number of hydrogen-bond donors (Lipinski definition) is 1. The molecule has 2 aromatic carbocycles. The fourth-order valence-electron chi connectivity index (χ4n) is 5.56. The molecule has 2 aliphatic heterocycles. The first-order chi connectivity index (χ1) is 17.4. The van der Waals surface area contributed by atoms with E-state index in [0.717, 1.165) is 54.6 Å². The summed E-state index contributed by atoms with van der Waals surface area (Å²) >= 11 is 6.18. The molecule has 0 saturated carbocycles. The Kier molecular flexibility index (Phi) is 6.90. The van der Waals surface area contributed by atoms with Crippen molar-refractivity contribution in [2.45, 2.75) is 57.0 Å². The van der Waals surface area contributed by atoms with Gasteiger partial charge in [-0.3, -0.25) is 9.69 Å². The largest absolute Gasteiger partial charge is 0.481 e. The lowest BCUT2D eigenvalue weighted by molar-refractivity contribution is -0.138. The Hall–Kier alpha value is -3.10. The minimum absolute atomic E-state index is 0.00919. The summed E-state index contributed by atoms with van der Waals surface area (Å²) in [5.41, 5.74) is 4.18. The molecule has 1 saturated heterocycles. The van der Waals surface area contributed by atoms with Crippen molar-refractivity contribution in [1.29, 1.82) is 0 Å². The number of carboxylic acid groups (broad SMARTS) is 1. The van der Waals surface area contributed by atoms with Gasteiger partial charge in [0, 0.05) is 29.7 Å². The van der Waals surface area contributed by atoms with Gasteiger partial charge < -0.3 is 19.1 Å². The molecular weight excluding hydrogens is 482 g/mol. The third-order valence-electron chi connectivity index (χ3n) is 7.34. The molecule has 1 fully saturated rings. The first-order valence-corrected chi connectivity index (χ1v) is 12.7. The van der Waals surface area contributed by atoms with Gasteiger partial charge in [-0.2, -0.15) is 0 Å². The first-order valence-electron chi connectivity index (χ1n) is 12.3. The SMILES string of the molecule is COC(=O)N1c2ccc3c(nc(C[C@@H](C(=O)O)c4cccc(Cl)c4)n3[C@H]3CCCOC3)c2CC[C@@H]1C. The predicted octanol–water partition coefficient (Wildman–Crippen LogP) is 5.36. The van der Waals surface area contributed by atoms with Crippen LogP contribution in [0, 0.1) is 0 Å². The Morgan fingerprint density at radius 3 is 2.81 bits per heavy atom. The van der Waals surface area contributed by atoms with E-state index in [1.807, 2.05) is 19.1 Å². The number of imidazole rings is 1. The summed E-state index contributed by atoms with van der Waals surface area (Å²) in [6, 6.07) is 11.0. The number of fused-ring (bicyclic) bond motifs is 3. The third-order valence-corrected chi connectivity index (χ3v) is 7.57. The van der Waals surface area contributed by atoms with Gasteiger partial charge in [0.05, 0.1) is 42.4 Å². The van der Waals surface area contributed by atoms with Gasteiger partial charge in [0.2, 0.25) is 0 Å². The summed E-state index contributed by atoms with van der Waals surface area (Å²) in [4.78, 5) is 31.7. The number of aliphatic carboxylic acids is 1. The van der Waals surface area contributed by atoms with Crippen LogP contribution in [-0.2, 0) is 27.1 Å². The predicted molar refractivity (Wildman–Crippen MR) is 137 cm³/mol. The van der Waals surface area contributed by atoms with Crippen LogP contribution in [0.5, 0.6) is 0 Å². The number of carboxylic acids is 1.